The third-order valence-electron chi connectivity index (χ3n) is 5.54. The van der Waals surface area contributed by atoms with Crippen LogP contribution in [0.3, 0.4) is 0 Å². The molecule has 8 nitrogen and oxygen atoms in total. The average molecular weight is 478 g/mol. The molecule has 2 atom stereocenters. The Hall–Kier alpha value is -1.39. The van der Waals surface area contributed by atoms with Crippen molar-refractivity contribution in [2.45, 2.75) is 37.0 Å². The van der Waals surface area contributed by atoms with Crippen molar-refractivity contribution in [2.75, 3.05) is 26.2 Å². The summed E-state index contributed by atoms with van der Waals surface area (Å²) < 4.78 is 27.4. The normalized spacial score (nSPS) is 23.8. The van der Waals surface area contributed by atoms with Crippen LogP contribution in [0.5, 0.6) is 0 Å². The Labute approximate surface area is 186 Å². The lowest BCUT2D eigenvalue weighted by molar-refractivity contribution is -0.145. The summed E-state index contributed by atoms with van der Waals surface area (Å²) in [5, 5.41) is 11.0. The van der Waals surface area contributed by atoms with Crippen LogP contribution < -0.4 is 5.43 Å². The van der Waals surface area contributed by atoms with E-state index >= 15 is 0 Å². The van der Waals surface area contributed by atoms with Gasteiger partial charge < -0.3 is 5.11 Å². The van der Waals surface area contributed by atoms with Crippen LogP contribution in [-0.2, 0) is 19.6 Å². The van der Waals surface area contributed by atoms with Crippen molar-refractivity contribution in [2.24, 2.45) is 11.8 Å². The first-order chi connectivity index (χ1) is 14.2. The number of carboxylic acids is 1. The Morgan fingerprint density at radius 2 is 1.87 bits per heavy atom. The number of piperidine rings is 2. The first-order valence-electron chi connectivity index (χ1n) is 9.90. The van der Waals surface area contributed by atoms with E-state index in [2.05, 4.69) is 5.43 Å². The number of carboxylic acid groups (broad SMARTS) is 1. The topological polar surface area (TPSA) is 107 Å². The molecule has 2 fully saturated rings. The highest BCUT2D eigenvalue weighted by molar-refractivity contribution is 7.89. The molecule has 1 amide bonds. The number of benzene rings is 1. The van der Waals surface area contributed by atoms with Gasteiger partial charge in [-0.2, -0.15) is 4.31 Å². The number of amides is 1. The third-order valence-corrected chi connectivity index (χ3v) is 8.38. The van der Waals surface area contributed by atoms with Gasteiger partial charge in [0.15, 0.2) is 0 Å². The van der Waals surface area contributed by atoms with Gasteiger partial charge in [0.1, 0.15) is 4.90 Å². The molecular formula is C19H25Cl2N3O5S. The van der Waals surface area contributed by atoms with Gasteiger partial charge in [0.2, 0.25) is 15.9 Å². The summed E-state index contributed by atoms with van der Waals surface area (Å²) in [7, 11) is -3.82. The van der Waals surface area contributed by atoms with Gasteiger partial charge in [-0.05, 0) is 43.7 Å². The van der Waals surface area contributed by atoms with E-state index in [9.17, 15) is 18.0 Å². The van der Waals surface area contributed by atoms with Crippen LogP contribution in [0.4, 0.5) is 0 Å². The number of halogens is 2. The molecule has 3 rings (SSSR count). The van der Waals surface area contributed by atoms with Crippen LogP contribution in [0.1, 0.15) is 32.1 Å². The van der Waals surface area contributed by atoms with Gasteiger partial charge in [-0.1, -0.05) is 29.3 Å². The molecule has 0 radical (unpaired) electrons. The lowest BCUT2D eigenvalue weighted by atomic mass is 9.96. The van der Waals surface area contributed by atoms with E-state index in [1.165, 1.54) is 16.4 Å². The molecule has 2 saturated heterocycles. The predicted octanol–water partition coefficient (Wildman–Crippen LogP) is 2.61. The van der Waals surface area contributed by atoms with Gasteiger partial charge in [0.25, 0.3) is 0 Å². The Balaban J connectivity index is 1.60. The first kappa shape index (κ1) is 23.3. The Bertz CT molecular complexity index is 911. The Kier molecular flexibility index (Phi) is 7.62. The molecule has 2 aliphatic rings. The van der Waals surface area contributed by atoms with E-state index < -0.39 is 21.9 Å². The van der Waals surface area contributed by atoms with Gasteiger partial charge >= 0.3 is 5.97 Å². The van der Waals surface area contributed by atoms with Crippen molar-refractivity contribution in [1.29, 1.82) is 0 Å². The Morgan fingerprint density at radius 3 is 2.60 bits per heavy atom. The molecule has 0 aliphatic carbocycles. The molecule has 0 spiro atoms. The molecule has 0 bridgehead atoms. The largest absolute Gasteiger partial charge is 0.481 e. The highest BCUT2D eigenvalue weighted by Crippen LogP contribution is 2.33. The van der Waals surface area contributed by atoms with Crippen molar-refractivity contribution < 1.29 is 23.1 Å². The zero-order chi connectivity index (χ0) is 21.9. The van der Waals surface area contributed by atoms with Crippen molar-refractivity contribution in [3.8, 4) is 0 Å². The van der Waals surface area contributed by atoms with Crippen molar-refractivity contribution in [3.05, 3.63) is 28.2 Å². The second-order valence-corrected chi connectivity index (χ2v) is 10.5. The standard InChI is InChI=1S/C19H25Cl2N3O5S/c20-15-6-1-7-16(18(15)21)30(28,29)24-9-2-4-13(11-24)10-17(25)22-23-8-3-5-14(12-23)19(26)27/h1,6-7,13-14H,2-5,8-12H2,(H,22,25)(H,26,27). The maximum Gasteiger partial charge on any atom is 0.307 e. The third kappa shape index (κ3) is 5.45. The van der Waals surface area contributed by atoms with Crippen LogP contribution in [0.15, 0.2) is 23.1 Å². The van der Waals surface area contributed by atoms with Crippen molar-refractivity contribution in [3.63, 3.8) is 0 Å². The number of hydrogen-bond acceptors (Lipinski definition) is 5. The fourth-order valence-corrected chi connectivity index (χ4v) is 6.29. The summed E-state index contributed by atoms with van der Waals surface area (Å²) in [4.78, 5) is 23.6. The van der Waals surface area contributed by atoms with Crippen LogP contribution in [-0.4, -0.2) is 60.9 Å². The van der Waals surface area contributed by atoms with E-state index in [4.69, 9.17) is 28.3 Å². The summed E-state index contributed by atoms with van der Waals surface area (Å²) in [5.41, 5.74) is 2.78. The number of nitrogens with one attached hydrogen (secondary N) is 1. The molecular weight excluding hydrogens is 453 g/mol. The number of rotatable bonds is 6. The van der Waals surface area contributed by atoms with E-state index in [1.54, 1.807) is 11.1 Å². The van der Waals surface area contributed by atoms with Crippen molar-refractivity contribution in [1.82, 2.24) is 14.7 Å². The zero-order valence-corrected chi connectivity index (χ0v) is 18.7. The molecule has 1 aromatic carbocycles. The number of carbonyl (C=O) groups excluding carboxylic acids is 1. The maximum atomic E-state index is 13.0. The number of aliphatic carboxylic acids is 1. The molecule has 0 saturated carbocycles. The smallest absolute Gasteiger partial charge is 0.307 e. The Morgan fingerprint density at radius 1 is 1.13 bits per heavy atom. The highest BCUT2D eigenvalue weighted by Gasteiger charge is 2.33. The average Bonchev–Trinajstić information content (AvgIpc) is 2.70. The van der Waals surface area contributed by atoms with Crippen LogP contribution >= 0.6 is 23.2 Å². The van der Waals surface area contributed by atoms with Gasteiger partial charge in [-0.15, -0.1) is 0 Å². The fraction of sp³-hybridized carbons (Fsp3) is 0.579. The fourth-order valence-electron chi connectivity index (χ4n) is 4.00. The minimum Gasteiger partial charge on any atom is -0.481 e. The lowest BCUT2D eigenvalue weighted by Gasteiger charge is -2.33. The first-order valence-corrected chi connectivity index (χ1v) is 12.1. The molecule has 1 aromatic rings. The van der Waals surface area contributed by atoms with Gasteiger partial charge in [0.05, 0.1) is 16.0 Å². The molecule has 166 valence electrons. The molecule has 2 N–H and O–H groups in total. The monoisotopic (exact) mass is 477 g/mol. The number of hydrogen-bond donors (Lipinski definition) is 2. The molecule has 0 aromatic heterocycles. The van der Waals surface area contributed by atoms with Crippen LogP contribution in [0.25, 0.3) is 0 Å². The van der Waals surface area contributed by atoms with E-state index in [1.807, 2.05) is 0 Å². The van der Waals surface area contributed by atoms with Crippen molar-refractivity contribution >= 4 is 45.1 Å². The lowest BCUT2D eigenvalue weighted by Crippen LogP contribution is -2.50. The van der Waals surface area contributed by atoms with E-state index in [-0.39, 0.29) is 46.3 Å². The quantitative estimate of drug-likeness (QED) is 0.651. The highest BCUT2D eigenvalue weighted by atomic mass is 35.5. The van der Waals surface area contributed by atoms with Crippen LogP contribution in [0.2, 0.25) is 10.0 Å². The molecule has 2 unspecified atom stereocenters. The molecule has 2 heterocycles. The molecule has 30 heavy (non-hydrogen) atoms. The second kappa shape index (κ2) is 9.82. The number of sulfonamides is 1. The summed E-state index contributed by atoms with van der Waals surface area (Å²) >= 11 is 12.1. The van der Waals surface area contributed by atoms with E-state index in [0.717, 1.165) is 6.42 Å². The predicted molar refractivity (Wildman–Crippen MR) is 113 cm³/mol. The number of hydrazine groups is 1. The summed E-state index contributed by atoms with van der Waals surface area (Å²) in [5.74, 6) is -1.71. The minimum atomic E-state index is -3.82. The minimum absolute atomic E-state index is 0.00267. The van der Waals surface area contributed by atoms with Gasteiger partial charge in [-0.25, -0.2) is 13.4 Å². The number of nitrogens with zero attached hydrogens (tertiary/aromatic N) is 2. The molecule has 11 heteroatoms. The second-order valence-electron chi connectivity index (χ2n) is 7.79. The summed E-state index contributed by atoms with van der Waals surface area (Å²) in [6.07, 6.45) is 2.85. The zero-order valence-electron chi connectivity index (χ0n) is 16.4. The summed E-state index contributed by atoms with van der Waals surface area (Å²) in [6.45, 7) is 1.46. The maximum absolute atomic E-state index is 13.0. The SMILES string of the molecule is O=C(CC1CCCN(S(=O)(=O)c2cccc(Cl)c2Cl)C1)NN1CCCC(C(=O)O)C1. The van der Waals surface area contributed by atoms with E-state index in [0.29, 0.717) is 32.4 Å². The van der Waals surface area contributed by atoms with Gasteiger partial charge in [-0.3, -0.25) is 15.0 Å². The number of carbonyl (C=O) groups is 2. The van der Waals surface area contributed by atoms with Gasteiger partial charge in [0, 0.05) is 32.6 Å². The summed E-state index contributed by atoms with van der Waals surface area (Å²) in [6, 6.07) is 4.50. The van der Waals surface area contributed by atoms with Crippen LogP contribution in [0, 0.1) is 11.8 Å². The molecule has 2 aliphatic heterocycles.